The van der Waals surface area contributed by atoms with Crippen LogP contribution in [-0.4, -0.2) is 62.1 Å². The Labute approximate surface area is 212 Å². The average molecular weight is 495 g/mol. The van der Waals surface area contributed by atoms with Gasteiger partial charge in [0.1, 0.15) is 0 Å². The zero-order valence-electron chi connectivity index (χ0n) is 21.9. The van der Waals surface area contributed by atoms with Gasteiger partial charge in [-0.05, 0) is 90.6 Å². The Morgan fingerprint density at radius 2 is 1.81 bits per heavy atom. The first kappa shape index (κ1) is 25.0. The number of aryl methyl sites for hydroxylation is 2. The number of aromatic nitrogens is 5. The molecule has 9 nitrogen and oxygen atoms in total. The zero-order chi connectivity index (χ0) is 25.2. The van der Waals surface area contributed by atoms with E-state index < -0.39 is 0 Å². The number of nitrogens with zero attached hydrogens (tertiary/aromatic N) is 5. The van der Waals surface area contributed by atoms with Crippen molar-refractivity contribution in [1.82, 2.24) is 30.1 Å². The van der Waals surface area contributed by atoms with E-state index in [1.807, 2.05) is 10.7 Å². The highest BCUT2D eigenvalue weighted by Crippen LogP contribution is 2.31. The summed E-state index contributed by atoms with van der Waals surface area (Å²) in [6, 6.07) is 6.17. The second kappa shape index (κ2) is 10.8. The first-order chi connectivity index (χ1) is 17.4. The van der Waals surface area contributed by atoms with Gasteiger partial charge in [0, 0.05) is 37.4 Å². The predicted molar refractivity (Wildman–Crippen MR) is 138 cm³/mol. The van der Waals surface area contributed by atoms with Crippen LogP contribution in [0.5, 0.6) is 0 Å². The number of benzene rings is 1. The Morgan fingerprint density at radius 3 is 2.50 bits per heavy atom. The van der Waals surface area contributed by atoms with E-state index in [4.69, 9.17) is 9.47 Å². The summed E-state index contributed by atoms with van der Waals surface area (Å²) < 4.78 is 13.8. The minimum absolute atomic E-state index is 0.0513. The molecular weight excluding hydrogens is 456 g/mol. The van der Waals surface area contributed by atoms with Crippen molar-refractivity contribution in [3.05, 3.63) is 51.1 Å². The summed E-state index contributed by atoms with van der Waals surface area (Å²) >= 11 is 0. The molecule has 1 N–H and O–H groups in total. The van der Waals surface area contributed by atoms with E-state index in [0.717, 1.165) is 67.7 Å². The molecule has 2 aromatic heterocycles. The fourth-order valence-electron chi connectivity index (χ4n) is 5.60. The van der Waals surface area contributed by atoms with Gasteiger partial charge in [-0.15, -0.1) is 5.10 Å². The molecule has 3 unspecified atom stereocenters. The van der Waals surface area contributed by atoms with Crippen LogP contribution in [-0.2, 0) is 22.6 Å². The predicted octanol–water partition coefficient (Wildman–Crippen LogP) is 3.69. The molecule has 2 aliphatic rings. The second-order valence-electron chi connectivity index (χ2n) is 10.8. The average Bonchev–Trinajstić information content (AvgIpc) is 3.61. The number of nitrogens with one attached hydrogen (secondary N) is 1. The third-order valence-corrected chi connectivity index (χ3v) is 7.62. The Kier molecular flexibility index (Phi) is 7.50. The van der Waals surface area contributed by atoms with E-state index in [9.17, 15) is 4.79 Å². The Morgan fingerprint density at radius 1 is 1.08 bits per heavy atom. The minimum Gasteiger partial charge on any atom is -0.377 e. The van der Waals surface area contributed by atoms with Gasteiger partial charge in [-0.3, -0.25) is 9.69 Å². The number of aromatic amines is 1. The molecule has 4 heterocycles. The number of ether oxygens (including phenoxy) is 2. The quantitative estimate of drug-likeness (QED) is 0.484. The third-order valence-electron chi connectivity index (χ3n) is 7.62. The normalized spacial score (nSPS) is 21.3. The standard InChI is InChI=1S/C27H38N6O3/c1-17(2)25(26-29-30-31-33(26)16-23-8-6-10-36-23)32(15-22-7-5-9-35-22)14-21-13-20-11-18(3)19(4)12-24(20)28-27(21)34/h11-13,17,22-23,25H,5-10,14-16H2,1-4H3,(H,28,34). The summed E-state index contributed by atoms with van der Waals surface area (Å²) in [5, 5.41) is 13.9. The highest BCUT2D eigenvalue weighted by Gasteiger charge is 2.33. The van der Waals surface area contributed by atoms with Gasteiger partial charge >= 0.3 is 0 Å². The van der Waals surface area contributed by atoms with Crippen molar-refractivity contribution in [1.29, 1.82) is 0 Å². The van der Waals surface area contributed by atoms with Gasteiger partial charge in [0.25, 0.3) is 5.56 Å². The molecule has 9 heteroatoms. The van der Waals surface area contributed by atoms with Gasteiger partial charge < -0.3 is 14.5 Å². The van der Waals surface area contributed by atoms with E-state index >= 15 is 0 Å². The number of rotatable bonds is 9. The Hall–Kier alpha value is -2.62. The summed E-state index contributed by atoms with van der Waals surface area (Å²) in [6.07, 6.45) is 4.46. The summed E-state index contributed by atoms with van der Waals surface area (Å²) in [7, 11) is 0. The second-order valence-corrected chi connectivity index (χ2v) is 10.8. The molecule has 0 bridgehead atoms. The van der Waals surface area contributed by atoms with Gasteiger partial charge in [-0.1, -0.05) is 13.8 Å². The van der Waals surface area contributed by atoms with Crippen molar-refractivity contribution in [2.24, 2.45) is 5.92 Å². The molecular formula is C27H38N6O3. The minimum atomic E-state index is -0.0690. The molecule has 5 rings (SSSR count). The topological polar surface area (TPSA) is 98.2 Å². The summed E-state index contributed by atoms with van der Waals surface area (Å²) in [4.78, 5) is 18.7. The van der Waals surface area contributed by atoms with Crippen molar-refractivity contribution >= 4 is 10.9 Å². The third kappa shape index (κ3) is 5.38. The van der Waals surface area contributed by atoms with Crippen LogP contribution in [0.15, 0.2) is 23.0 Å². The molecule has 3 atom stereocenters. The monoisotopic (exact) mass is 494 g/mol. The maximum absolute atomic E-state index is 13.2. The van der Waals surface area contributed by atoms with Crippen LogP contribution in [0.2, 0.25) is 0 Å². The van der Waals surface area contributed by atoms with Gasteiger partial charge in [0.05, 0.1) is 24.8 Å². The van der Waals surface area contributed by atoms with E-state index in [-0.39, 0.29) is 29.7 Å². The molecule has 194 valence electrons. The molecule has 2 aliphatic heterocycles. The van der Waals surface area contributed by atoms with Crippen molar-refractivity contribution in [3.8, 4) is 0 Å². The lowest BCUT2D eigenvalue weighted by molar-refractivity contribution is 0.0365. The van der Waals surface area contributed by atoms with Gasteiger partial charge in [0.2, 0.25) is 0 Å². The van der Waals surface area contributed by atoms with Gasteiger partial charge in [-0.2, -0.15) is 0 Å². The highest BCUT2D eigenvalue weighted by molar-refractivity contribution is 5.80. The SMILES string of the molecule is Cc1cc2cc(CN(CC3CCCO3)C(c3nnnn3CC3CCCO3)C(C)C)c(=O)[nH]c2cc1C. The van der Waals surface area contributed by atoms with Crippen molar-refractivity contribution in [3.63, 3.8) is 0 Å². The number of pyridine rings is 1. The molecule has 0 saturated carbocycles. The highest BCUT2D eigenvalue weighted by atomic mass is 16.5. The van der Waals surface area contributed by atoms with Crippen LogP contribution in [0, 0.1) is 19.8 Å². The van der Waals surface area contributed by atoms with Crippen molar-refractivity contribution in [2.45, 2.75) is 84.7 Å². The fraction of sp³-hybridized carbons (Fsp3) is 0.630. The first-order valence-electron chi connectivity index (χ1n) is 13.3. The van der Waals surface area contributed by atoms with Crippen molar-refractivity contribution in [2.75, 3.05) is 19.8 Å². The van der Waals surface area contributed by atoms with E-state index in [1.54, 1.807) is 0 Å². The number of fused-ring (bicyclic) bond motifs is 1. The van der Waals surface area contributed by atoms with Crippen LogP contribution >= 0.6 is 0 Å². The van der Waals surface area contributed by atoms with Crippen LogP contribution in [0.25, 0.3) is 10.9 Å². The molecule has 0 aliphatic carbocycles. The maximum atomic E-state index is 13.2. The van der Waals surface area contributed by atoms with Crippen LogP contribution in [0.1, 0.15) is 68.1 Å². The molecule has 36 heavy (non-hydrogen) atoms. The number of tetrazole rings is 1. The van der Waals surface area contributed by atoms with Crippen LogP contribution in [0.3, 0.4) is 0 Å². The molecule has 0 radical (unpaired) electrons. The largest absolute Gasteiger partial charge is 0.377 e. The smallest absolute Gasteiger partial charge is 0.252 e. The number of hydrogen-bond acceptors (Lipinski definition) is 7. The molecule has 2 fully saturated rings. The Balaban J connectivity index is 1.50. The summed E-state index contributed by atoms with van der Waals surface area (Å²) in [5.41, 5.74) is 3.95. The van der Waals surface area contributed by atoms with E-state index in [2.05, 4.69) is 65.2 Å². The van der Waals surface area contributed by atoms with E-state index in [0.29, 0.717) is 13.1 Å². The lowest BCUT2D eigenvalue weighted by Gasteiger charge is -2.35. The molecule has 0 spiro atoms. The van der Waals surface area contributed by atoms with Crippen molar-refractivity contribution < 1.29 is 9.47 Å². The van der Waals surface area contributed by atoms with Crippen LogP contribution in [0.4, 0.5) is 0 Å². The molecule has 1 aromatic carbocycles. The Bertz CT molecular complexity index is 1240. The maximum Gasteiger partial charge on any atom is 0.252 e. The molecule has 3 aromatic rings. The van der Waals surface area contributed by atoms with Gasteiger partial charge in [-0.25, -0.2) is 4.68 Å². The lowest BCUT2D eigenvalue weighted by Crippen LogP contribution is -2.40. The molecule has 0 amide bonds. The first-order valence-corrected chi connectivity index (χ1v) is 13.3. The van der Waals surface area contributed by atoms with E-state index in [1.165, 1.54) is 11.1 Å². The lowest BCUT2D eigenvalue weighted by atomic mass is 9.99. The van der Waals surface area contributed by atoms with Crippen LogP contribution < -0.4 is 5.56 Å². The number of H-pyrrole nitrogens is 1. The number of hydrogen-bond donors (Lipinski definition) is 1. The zero-order valence-corrected chi connectivity index (χ0v) is 21.9. The molecule has 2 saturated heterocycles. The summed E-state index contributed by atoms with van der Waals surface area (Å²) in [6.45, 7) is 12.0. The fourth-order valence-corrected chi connectivity index (χ4v) is 5.60. The summed E-state index contributed by atoms with van der Waals surface area (Å²) in [5.74, 6) is 1.05. The van der Waals surface area contributed by atoms with Gasteiger partial charge in [0.15, 0.2) is 5.82 Å².